The molecule has 2 aromatic heterocycles. The van der Waals surface area contributed by atoms with Gasteiger partial charge in [-0.2, -0.15) is 10.1 Å². The van der Waals surface area contributed by atoms with E-state index in [4.69, 9.17) is 0 Å². The zero-order valence-corrected chi connectivity index (χ0v) is 18.2. The third-order valence-corrected chi connectivity index (χ3v) is 6.18. The molecule has 152 valence electrons. The molecule has 30 heavy (non-hydrogen) atoms. The lowest BCUT2D eigenvalue weighted by Crippen LogP contribution is -2.17. The number of hydrogen-bond donors (Lipinski definition) is 1. The zero-order chi connectivity index (χ0) is 21.3. The van der Waals surface area contributed by atoms with Gasteiger partial charge in [-0.1, -0.05) is 17.8 Å². The van der Waals surface area contributed by atoms with Crippen LogP contribution in [0.15, 0.2) is 58.6 Å². The summed E-state index contributed by atoms with van der Waals surface area (Å²) in [6, 6.07) is 14.4. The third kappa shape index (κ3) is 4.21. The van der Waals surface area contributed by atoms with Gasteiger partial charge in [0.05, 0.1) is 6.42 Å². The molecule has 0 fully saturated rings. The van der Waals surface area contributed by atoms with E-state index in [2.05, 4.69) is 52.4 Å². The van der Waals surface area contributed by atoms with Crippen LogP contribution in [0.3, 0.4) is 0 Å². The molecule has 6 nitrogen and oxygen atoms in total. The summed E-state index contributed by atoms with van der Waals surface area (Å²) < 4.78 is 1.66. The number of nitrogens with zero attached hydrogens (tertiary/aromatic N) is 4. The van der Waals surface area contributed by atoms with Crippen molar-refractivity contribution in [3.63, 3.8) is 0 Å². The van der Waals surface area contributed by atoms with Crippen LogP contribution in [-0.4, -0.2) is 25.5 Å². The minimum absolute atomic E-state index is 0.0861. The van der Waals surface area contributed by atoms with Crippen LogP contribution in [0.4, 0.5) is 5.69 Å². The van der Waals surface area contributed by atoms with Crippen LogP contribution in [-0.2, 0) is 11.2 Å². The molecule has 0 radical (unpaired) electrons. The maximum Gasteiger partial charge on any atom is 0.252 e. The van der Waals surface area contributed by atoms with Gasteiger partial charge >= 0.3 is 0 Å². The number of nitrogens with one attached hydrogen (secondary N) is 1. The third-order valence-electron chi connectivity index (χ3n) is 5.18. The number of benzene rings is 2. The van der Waals surface area contributed by atoms with Gasteiger partial charge in [0.25, 0.3) is 5.78 Å². The molecule has 0 atom stereocenters. The van der Waals surface area contributed by atoms with Gasteiger partial charge < -0.3 is 5.32 Å². The Morgan fingerprint density at radius 1 is 1.00 bits per heavy atom. The molecule has 0 spiro atoms. The average Bonchev–Trinajstić information content (AvgIpc) is 3.18. The van der Waals surface area contributed by atoms with Crippen molar-refractivity contribution in [1.82, 2.24) is 19.6 Å². The molecule has 1 N–H and O–H groups in total. The van der Waals surface area contributed by atoms with Crippen LogP contribution < -0.4 is 5.32 Å². The number of rotatable bonds is 5. The highest BCUT2D eigenvalue weighted by atomic mass is 32.2. The molecular weight excluding hydrogens is 394 g/mol. The topological polar surface area (TPSA) is 72.2 Å². The molecule has 0 saturated carbocycles. The van der Waals surface area contributed by atoms with Crippen molar-refractivity contribution in [2.24, 2.45) is 0 Å². The predicted octanol–water partition coefficient (Wildman–Crippen LogP) is 4.69. The highest BCUT2D eigenvalue weighted by molar-refractivity contribution is 7.99. The number of amides is 1. The zero-order valence-electron chi connectivity index (χ0n) is 17.4. The summed E-state index contributed by atoms with van der Waals surface area (Å²) in [5.41, 5.74) is 5.89. The molecular formula is C23H23N5OS. The smallest absolute Gasteiger partial charge is 0.252 e. The van der Waals surface area contributed by atoms with Crippen molar-refractivity contribution in [3.05, 3.63) is 76.9 Å². The fourth-order valence-corrected chi connectivity index (χ4v) is 4.21. The van der Waals surface area contributed by atoms with Crippen LogP contribution in [0.1, 0.15) is 28.1 Å². The molecule has 2 heterocycles. The Hall–Kier alpha value is -3.19. The van der Waals surface area contributed by atoms with Gasteiger partial charge in [-0.25, -0.2) is 9.50 Å². The Bertz CT molecular complexity index is 1230. The maximum atomic E-state index is 12.6. The minimum atomic E-state index is -0.0861. The van der Waals surface area contributed by atoms with Crippen molar-refractivity contribution in [1.29, 1.82) is 0 Å². The number of aromatic nitrogens is 4. The van der Waals surface area contributed by atoms with Gasteiger partial charge in [0.1, 0.15) is 6.33 Å². The van der Waals surface area contributed by atoms with E-state index in [-0.39, 0.29) is 12.3 Å². The molecule has 1 amide bonds. The van der Waals surface area contributed by atoms with Crippen molar-refractivity contribution in [2.75, 3.05) is 5.32 Å². The second kappa shape index (κ2) is 8.28. The Morgan fingerprint density at radius 2 is 1.73 bits per heavy atom. The van der Waals surface area contributed by atoms with E-state index in [1.54, 1.807) is 16.3 Å². The van der Waals surface area contributed by atoms with Crippen LogP contribution in [0.2, 0.25) is 0 Å². The Kier molecular flexibility index (Phi) is 5.55. The largest absolute Gasteiger partial charge is 0.326 e. The normalized spacial score (nSPS) is 11.1. The molecule has 4 aromatic rings. The first kappa shape index (κ1) is 20.1. The quantitative estimate of drug-likeness (QED) is 0.510. The lowest BCUT2D eigenvalue weighted by Gasteiger charge is -2.11. The summed E-state index contributed by atoms with van der Waals surface area (Å²) in [5, 5.41) is 7.15. The van der Waals surface area contributed by atoms with Gasteiger partial charge in [0.2, 0.25) is 5.91 Å². The van der Waals surface area contributed by atoms with E-state index in [1.807, 2.05) is 38.1 Å². The Labute approximate surface area is 179 Å². The summed E-state index contributed by atoms with van der Waals surface area (Å²) in [5.74, 6) is 0.461. The highest BCUT2D eigenvalue weighted by Gasteiger charge is 2.14. The molecule has 0 saturated heterocycles. The summed E-state index contributed by atoms with van der Waals surface area (Å²) >= 11 is 1.71. The van der Waals surface area contributed by atoms with E-state index in [0.717, 1.165) is 27.5 Å². The van der Waals surface area contributed by atoms with Gasteiger partial charge in [-0.05, 0) is 75.2 Å². The Balaban J connectivity index is 1.43. The number of aryl methyl sites for hydroxylation is 4. The first-order chi connectivity index (χ1) is 14.4. The Morgan fingerprint density at radius 3 is 2.47 bits per heavy atom. The van der Waals surface area contributed by atoms with Crippen molar-refractivity contribution in [2.45, 2.75) is 43.9 Å². The molecule has 0 aliphatic heterocycles. The van der Waals surface area contributed by atoms with Crippen molar-refractivity contribution >= 4 is 29.1 Å². The average molecular weight is 418 g/mol. The number of carbonyl (C=O) groups excluding carboxylic acids is 1. The van der Waals surface area contributed by atoms with Crippen LogP contribution >= 0.6 is 11.8 Å². The van der Waals surface area contributed by atoms with E-state index >= 15 is 0 Å². The van der Waals surface area contributed by atoms with Crippen molar-refractivity contribution < 1.29 is 4.79 Å². The second-order valence-corrected chi connectivity index (χ2v) is 8.48. The second-order valence-electron chi connectivity index (χ2n) is 7.33. The lowest BCUT2D eigenvalue weighted by atomic mass is 10.1. The monoisotopic (exact) mass is 417 g/mol. The molecule has 0 unspecified atom stereocenters. The maximum absolute atomic E-state index is 12.6. The van der Waals surface area contributed by atoms with Crippen LogP contribution in [0.5, 0.6) is 0 Å². The lowest BCUT2D eigenvalue weighted by molar-refractivity contribution is -0.115. The van der Waals surface area contributed by atoms with E-state index in [0.29, 0.717) is 5.78 Å². The first-order valence-electron chi connectivity index (χ1n) is 9.71. The highest BCUT2D eigenvalue weighted by Crippen LogP contribution is 2.30. The molecule has 7 heteroatoms. The van der Waals surface area contributed by atoms with Gasteiger partial charge in [-0.3, -0.25) is 4.79 Å². The predicted molar refractivity (Wildman–Crippen MR) is 119 cm³/mol. The molecule has 0 aliphatic rings. The summed E-state index contributed by atoms with van der Waals surface area (Å²) in [6.45, 7) is 8.06. The van der Waals surface area contributed by atoms with E-state index in [1.165, 1.54) is 22.3 Å². The molecule has 2 aromatic carbocycles. The number of carbonyl (C=O) groups is 1. The molecule has 4 rings (SSSR count). The SMILES string of the molecule is Cc1ccc(Sc2ccc(NC(=O)Cc3c(C)nc4ncnn4c3C)cc2)cc1C. The number of anilines is 1. The van der Waals surface area contributed by atoms with E-state index in [9.17, 15) is 4.79 Å². The number of fused-ring (bicyclic) bond motifs is 1. The molecule has 0 bridgehead atoms. The fraction of sp³-hybridized carbons (Fsp3) is 0.217. The van der Waals surface area contributed by atoms with Crippen LogP contribution in [0.25, 0.3) is 5.78 Å². The van der Waals surface area contributed by atoms with Crippen LogP contribution in [0, 0.1) is 27.7 Å². The first-order valence-corrected chi connectivity index (χ1v) is 10.5. The van der Waals surface area contributed by atoms with Gasteiger partial charge in [0.15, 0.2) is 0 Å². The fourth-order valence-electron chi connectivity index (χ4n) is 3.30. The van der Waals surface area contributed by atoms with Crippen molar-refractivity contribution in [3.8, 4) is 0 Å². The number of hydrogen-bond acceptors (Lipinski definition) is 5. The van der Waals surface area contributed by atoms with E-state index < -0.39 is 0 Å². The standard InChI is InChI=1S/C23H23N5OS/c1-14-5-8-20(11-15(14)2)30-19-9-6-18(7-10-19)27-22(29)12-21-16(3)26-23-24-13-25-28(23)17(21)4/h5-11,13H,12H2,1-4H3,(H,27,29). The summed E-state index contributed by atoms with van der Waals surface area (Å²) in [6.07, 6.45) is 1.70. The van der Waals surface area contributed by atoms with Gasteiger partial charge in [-0.15, -0.1) is 0 Å². The van der Waals surface area contributed by atoms with Gasteiger partial charge in [0, 0.05) is 32.4 Å². The minimum Gasteiger partial charge on any atom is -0.326 e. The summed E-state index contributed by atoms with van der Waals surface area (Å²) in [7, 11) is 0. The summed E-state index contributed by atoms with van der Waals surface area (Å²) in [4.78, 5) is 23.5. The molecule has 0 aliphatic carbocycles.